The number of hydrogen-bond donors (Lipinski definition) is 0. The molecule has 0 bridgehead atoms. The fourth-order valence-electron chi connectivity index (χ4n) is 4.49. The number of halogens is 1. The SMILES string of the molecule is O=C(C1CN(S(=O)(=O)c2ccc([N+](=O)[O-])cc2)C1)N1CCN(c2ccnc3cc(F)ccc23)CC1. The number of piperazine rings is 1. The second-order valence-corrected chi connectivity index (χ2v) is 10.5. The number of amides is 1. The fraction of sp³-hybridized carbons (Fsp3) is 0.304. The van der Waals surface area contributed by atoms with Gasteiger partial charge >= 0.3 is 0 Å². The lowest BCUT2D eigenvalue weighted by atomic mass is 10.0. The number of carbonyl (C=O) groups is 1. The van der Waals surface area contributed by atoms with Gasteiger partial charge in [0.1, 0.15) is 5.82 Å². The number of rotatable bonds is 5. The maximum Gasteiger partial charge on any atom is 0.269 e. The number of benzene rings is 2. The number of nitro groups is 1. The standard InChI is InChI=1S/C23H22FN5O5S/c24-17-1-6-20-21(13-17)25-8-7-22(20)26-9-11-27(12-10-26)23(30)16-14-28(15-16)35(33,34)19-4-2-18(3-5-19)29(31)32/h1-8,13,16H,9-12,14-15H2. The first kappa shape index (κ1) is 23.1. The number of anilines is 1. The van der Waals surface area contributed by atoms with Crippen LogP contribution >= 0.6 is 0 Å². The Hall–Kier alpha value is -3.64. The third kappa shape index (κ3) is 4.30. The molecule has 2 aromatic carbocycles. The largest absolute Gasteiger partial charge is 0.367 e. The number of nitro benzene ring substituents is 1. The zero-order chi connectivity index (χ0) is 24.7. The third-order valence-electron chi connectivity index (χ3n) is 6.50. The van der Waals surface area contributed by atoms with E-state index in [0.717, 1.165) is 23.2 Å². The Kier molecular flexibility index (Phi) is 5.85. The maximum atomic E-state index is 13.5. The van der Waals surface area contributed by atoms with Crippen molar-refractivity contribution in [3.05, 3.63) is 70.7 Å². The summed E-state index contributed by atoms with van der Waals surface area (Å²) < 4.78 is 40.3. The number of pyridine rings is 1. The highest BCUT2D eigenvalue weighted by molar-refractivity contribution is 7.89. The van der Waals surface area contributed by atoms with E-state index < -0.39 is 20.9 Å². The second-order valence-electron chi connectivity index (χ2n) is 8.57. The van der Waals surface area contributed by atoms with Gasteiger partial charge in [0.15, 0.2) is 0 Å². The van der Waals surface area contributed by atoms with E-state index >= 15 is 0 Å². The molecule has 12 heteroatoms. The molecular weight excluding hydrogens is 477 g/mol. The Balaban J connectivity index is 1.19. The van der Waals surface area contributed by atoms with E-state index in [4.69, 9.17) is 0 Å². The molecule has 182 valence electrons. The lowest BCUT2D eigenvalue weighted by Gasteiger charge is -2.42. The lowest BCUT2D eigenvalue weighted by molar-refractivity contribution is -0.384. The molecule has 3 heterocycles. The van der Waals surface area contributed by atoms with E-state index in [0.29, 0.717) is 31.7 Å². The van der Waals surface area contributed by atoms with Crippen molar-refractivity contribution in [2.75, 3.05) is 44.2 Å². The Morgan fingerprint density at radius 1 is 1.03 bits per heavy atom. The molecule has 0 spiro atoms. The van der Waals surface area contributed by atoms with Crippen molar-refractivity contribution in [1.29, 1.82) is 0 Å². The van der Waals surface area contributed by atoms with Crippen molar-refractivity contribution < 1.29 is 22.5 Å². The van der Waals surface area contributed by atoms with E-state index in [2.05, 4.69) is 9.88 Å². The minimum atomic E-state index is -3.81. The highest BCUT2D eigenvalue weighted by Gasteiger charge is 2.42. The molecule has 0 N–H and O–H groups in total. The predicted octanol–water partition coefficient (Wildman–Crippen LogP) is 2.25. The van der Waals surface area contributed by atoms with Gasteiger partial charge in [0.25, 0.3) is 5.69 Å². The highest BCUT2D eigenvalue weighted by atomic mass is 32.2. The van der Waals surface area contributed by atoms with Crippen molar-refractivity contribution >= 4 is 38.2 Å². The van der Waals surface area contributed by atoms with E-state index in [1.54, 1.807) is 17.2 Å². The summed E-state index contributed by atoms with van der Waals surface area (Å²) in [6.07, 6.45) is 1.64. The molecule has 5 rings (SSSR count). The van der Waals surface area contributed by atoms with Crippen LogP contribution in [0.25, 0.3) is 10.9 Å². The van der Waals surface area contributed by atoms with Crippen LogP contribution in [0.3, 0.4) is 0 Å². The number of aromatic nitrogens is 1. The molecule has 0 saturated carbocycles. The molecule has 0 atom stereocenters. The Morgan fingerprint density at radius 3 is 2.37 bits per heavy atom. The number of fused-ring (bicyclic) bond motifs is 1. The average molecular weight is 500 g/mol. The monoisotopic (exact) mass is 499 g/mol. The van der Waals surface area contributed by atoms with Gasteiger partial charge in [-0.1, -0.05) is 0 Å². The van der Waals surface area contributed by atoms with Crippen molar-refractivity contribution in [2.45, 2.75) is 4.90 Å². The number of hydrogen-bond acceptors (Lipinski definition) is 7. The smallest absolute Gasteiger partial charge is 0.269 e. The van der Waals surface area contributed by atoms with Crippen LogP contribution in [0.2, 0.25) is 0 Å². The van der Waals surface area contributed by atoms with Gasteiger partial charge in [-0.25, -0.2) is 12.8 Å². The zero-order valence-electron chi connectivity index (χ0n) is 18.6. The van der Waals surface area contributed by atoms with E-state index in [1.807, 2.05) is 6.07 Å². The first-order valence-corrected chi connectivity index (χ1v) is 12.5. The minimum Gasteiger partial charge on any atom is -0.367 e. The lowest BCUT2D eigenvalue weighted by Crippen LogP contribution is -2.59. The van der Waals surface area contributed by atoms with Gasteiger partial charge in [-0.3, -0.25) is 19.9 Å². The first-order valence-electron chi connectivity index (χ1n) is 11.1. The van der Waals surface area contributed by atoms with Crippen LogP contribution in [0.4, 0.5) is 15.8 Å². The zero-order valence-corrected chi connectivity index (χ0v) is 19.4. The molecule has 2 fully saturated rings. The van der Waals surface area contributed by atoms with Crippen molar-refractivity contribution in [3.63, 3.8) is 0 Å². The van der Waals surface area contributed by atoms with Gasteiger partial charge in [0.2, 0.25) is 15.9 Å². The fourth-order valence-corrected chi connectivity index (χ4v) is 6.02. The van der Waals surface area contributed by atoms with Crippen molar-refractivity contribution in [3.8, 4) is 0 Å². The summed E-state index contributed by atoms with van der Waals surface area (Å²) in [5.41, 5.74) is 1.32. The Bertz CT molecular complexity index is 1400. The van der Waals surface area contributed by atoms with Crippen LogP contribution in [0.1, 0.15) is 0 Å². The van der Waals surface area contributed by atoms with Gasteiger partial charge in [0.05, 0.1) is 21.3 Å². The van der Waals surface area contributed by atoms with Gasteiger partial charge in [-0.05, 0) is 30.3 Å². The minimum absolute atomic E-state index is 0.0351. The summed E-state index contributed by atoms with van der Waals surface area (Å²) in [5.74, 6) is -0.844. The second kappa shape index (κ2) is 8.86. The Labute approximate surface area is 200 Å². The number of non-ortho nitro benzene ring substituents is 1. The maximum absolute atomic E-state index is 13.5. The van der Waals surface area contributed by atoms with Crippen LogP contribution in [-0.2, 0) is 14.8 Å². The average Bonchev–Trinajstić information content (AvgIpc) is 2.82. The number of sulfonamides is 1. The summed E-state index contributed by atoms with van der Waals surface area (Å²) in [7, 11) is -3.81. The molecule has 2 aliphatic rings. The first-order chi connectivity index (χ1) is 16.7. The summed E-state index contributed by atoms with van der Waals surface area (Å²) in [4.78, 5) is 31.2. The van der Waals surface area contributed by atoms with Crippen LogP contribution in [0.5, 0.6) is 0 Å². The molecule has 2 aliphatic heterocycles. The molecular formula is C23H22FN5O5S. The van der Waals surface area contributed by atoms with Crippen molar-refractivity contribution in [2.24, 2.45) is 5.92 Å². The van der Waals surface area contributed by atoms with Gasteiger partial charge in [-0.15, -0.1) is 0 Å². The molecule has 3 aromatic rings. The van der Waals surface area contributed by atoms with Crippen LogP contribution < -0.4 is 4.90 Å². The van der Waals surface area contributed by atoms with Crippen LogP contribution in [-0.4, -0.2) is 72.7 Å². The van der Waals surface area contributed by atoms with E-state index in [1.165, 1.54) is 28.6 Å². The highest BCUT2D eigenvalue weighted by Crippen LogP contribution is 2.30. The van der Waals surface area contributed by atoms with Crippen LogP contribution in [0.15, 0.2) is 59.6 Å². The van der Waals surface area contributed by atoms with Gasteiger partial charge < -0.3 is 9.80 Å². The summed E-state index contributed by atoms with van der Waals surface area (Å²) in [6, 6.07) is 11.1. The normalized spacial score (nSPS) is 17.4. The molecule has 2 saturated heterocycles. The third-order valence-corrected chi connectivity index (χ3v) is 8.34. The van der Waals surface area contributed by atoms with Crippen molar-refractivity contribution in [1.82, 2.24) is 14.2 Å². The van der Waals surface area contributed by atoms with E-state index in [9.17, 15) is 27.7 Å². The van der Waals surface area contributed by atoms with E-state index in [-0.39, 0.29) is 35.4 Å². The quantitative estimate of drug-likeness (QED) is 0.390. The topological polar surface area (TPSA) is 117 Å². The van der Waals surface area contributed by atoms with Gasteiger partial charge in [-0.2, -0.15) is 4.31 Å². The predicted molar refractivity (Wildman–Crippen MR) is 126 cm³/mol. The molecule has 10 nitrogen and oxygen atoms in total. The molecule has 35 heavy (non-hydrogen) atoms. The number of carbonyl (C=O) groups excluding carboxylic acids is 1. The molecule has 0 aliphatic carbocycles. The molecule has 0 unspecified atom stereocenters. The Morgan fingerprint density at radius 2 is 1.71 bits per heavy atom. The molecule has 0 radical (unpaired) electrons. The van der Waals surface area contributed by atoms with Crippen LogP contribution in [0, 0.1) is 21.8 Å². The summed E-state index contributed by atoms with van der Waals surface area (Å²) in [5, 5.41) is 11.6. The number of nitrogens with zero attached hydrogens (tertiary/aromatic N) is 5. The molecule has 1 aromatic heterocycles. The van der Waals surface area contributed by atoms with Gasteiger partial charge in [0, 0.05) is 74.7 Å². The summed E-state index contributed by atoms with van der Waals surface area (Å²) in [6.45, 7) is 2.35. The summed E-state index contributed by atoms with van der Waals surface area (Å²) >= 11 is 0. The molecule has 1 amide bonds.